The van der Waals surface area contributed by atoms with E-state index < -0.39 is 5.91 Å². The molecule has 2 aromatic heterocycles. The molecule has 4 aromatic rings. The first kappa shape index (κ1) is 23.1. The van der Waals surface area contributed by atoms with Gasteiger partial charge in [-0.25, -0.2) is 4.98 Å². The number of amides is 1. The summed E-state index contributed by atoms with van der Waals surface area (Å²) in [7, 11) is 0. The normalized spacial score (nSPS) is 15.3. The fraction of sp³-hybridized carbons (Fsp3) is 0.269. The van der Waals surface area contributed by atoms with Crippen molar-refractivity contribution in [3.8, 4) is 0 Å². The van der Waals surface area contributed by atoms with Crippen LogP contribution >= 0.6 is 0 Å². The molecule has 0 radical (unpaired) electrons. The maximum Gasteiger partial charge on any atom is 0.267 e. The van der Waals surface area contributed by atoms with E-state index in [1.807, 2.05) is 42.6 Å². The molecule has 2 heterocycles. The first-order valence-electron chi connectivity index (χ1n) is 11.8. The highest BCUT2D eigenvalue weighted by Crippen LogP contribution is 2.35. The molecule has 180 valence electrons. The number of carbonyl (C=O) groups is 1. The molecule has 0 fully saturated rings. The summed E-state index contributed by atoms with van der Waals surface area (Å²) in [6.45, 7) is 1.54. The van der Waals surface area contributed by atoms with Gasteiger partial charge in [-0.15, -0.1) is 5.59 Å². The van der Waals surface area contributed by atoms with Crippen LogP contribution in [-0.2, 0) is 26.1 Å². The number of para-hydroxylation sites is 2. The zero-order valence-corrected chi connectivity index (χ0v) is 19.4. The lowest BCUT2D eigenvalue weighted by Crippen LogP contribution is -2.35. The van der Waals surface area contributed by atoms with Crippen molar-refractivity contribution in [1.29, 1.82) is 0 Å². The molecule has 1 aliphatic rings. The minimum Gasteiger partial charge on any atom is -0.341 e. The number of nitrogens with one attached hydrogen (secondary N) is 3. The van der Waals surface area contributed by atoms with Crippen LogP contribution < -0.4 is 16.7 Å². The molecule has 0 aliphatic heterocycles. The molecular formula is C26H29N7O2. The quantitative estimate of drug-likeness (QED) is 0.249. The number of nitrogens with zero attached hydrogens (tertiary/aromatic N) is 3. The van der Waals surface area contributed by atoms with Gasteiger partial charge in [-0.2, -0.15) is 0 Å². The second-order valence-corrected chi connectivity index (χ2v) is 8.81. The van der Waals surface area contributed by atoms with Crippen molar-refractivity contribution in [2.45, 2.75) is 44.9 Å². The van der Waals surface area contributed by atoms with Crippen molar-refractivity contribution in [3.05, 3.63) is 94.6 Å². The first-order valence-corrected chi connectivity index (χ1v) is 11.8. The number of fused-ring (bicyclic) bond motifs is 2. The van der Waals surface area contributed by atoms with Gasteiger partial charge in [-0.3, -0.25) is 25.3 Å². The number of benzene rings is 2. The first-order chi connectivity index (χ1) is 17.2. The SMILES string of the molecule is NCc1cc(C(=O)NNO)ccc1CN(Cc1nc2ccccc2[nH]1)C1CCCc2cccnc21. The molecule has 1 aliphatic carbocycles. The molecule has 9 heteroatoms. The fourth-order valence-electron chi connectivity index (χ4n) is 4.94. The van der Waals surface area contributed by atoms with Gasteiger partial charge < -0.3 is 10.7 Å². The number of rotatable bonds is 8. The van der Waals surface area contributed by atoms with Crippen molar-refractivity contribution in [1.82, 2.24) is 30.9 Å². The Kier molecular flexibility index (Phi) is 6.82. The number of aromatic nitrogens is 3. The van der Waals surface area contributed by atoms with Gasteiger partial charge in [0, 0.05) is 24.8 Å². The van der Waals surface area contributed by atoms with Crippen molar-refractivity contribution < 1.29 is 10.0 Å². The van der Waals surface area contributed by atoms with Crippen LogP contribution in [-0.4, -0.2) is 31.0 Å². The van der Waals surface area contributed by atoms with Crippen molar-refractivity contribution in [3.63, 3.8) is 0 Å². The monoisotopic (exact) mass is 471 g/mol. The molecule has 1 amide bonds. The van der Waals surface area contributed by atoms with Gasteiger partial charge in [0.2, 0.25) is 0 Å². The van der Waals surface area contributed by atoms with Crippen LogP contribution in [0, 0.1) is 0 Å². The second kappa shape index (κ2) is 10.3. The van der Waals surface area contributed by atoms with Crippen LogP contribution in [0.1, 0.15) is 57.5 Å². The number of hydrogen-bond acceptors (Lipinski definition) is 7. The van der Waals surface area contributed by atoms with E-state index in [-0.39, 0.29) is 6.04 Å². The third kappa shape index (κ3) is 4.94. The molecule has 0 saturated heterocycles. The summed E-state index contributed by atoms with van der Waals surface area (Å²) in [6, 6.07) is 17.8. The molecule has 0 saturated carbocycles. The van der Waals surface area contributed by atoms with E-state index in [1.54, 1.807) is 17.7 Å². The minimum atomic E-state index is -0.432. The maximum absolute atomic E-state index is 12.2. The Hall–Kier alpha value is -3.63. The Labute approximate surface area is 203 Å². The Bertz CT molecular complexity index is 1300. The summed E-state index contributed by atoms with van der Waals surface area (Å²) >= 11 is 0. The zero-order chi connectivity index (χ0) is 24.2. The number of carbonyl (C=O) groups excluding carboxylic acids is 1. The van der Waals surface area contributed by atoms with Crippen LogP contribution in [0.2, 0.25) is 0 Å². The summed E-state index contributed by atoms with van der Waals surface area (Å²) < 4.78 is 0. The van der Waals surface area contributed by atoms with Crippen LogP contribution in [0.4, 0.5) is 0 Å². The van der Waals surface area contributed by atoms with Gasteiger partial charge in [0.25, 0.3) is 5.91 Å². The van der Waals surface area contributed by atoms with Crippen molar-refractivity contribution in [2.75, 3.05) is 0 Å². The smallest absolute Gasteiger partial charge is 0.267 e. The highest BCUT2D eigenvalue weighted by Gasteiger charge is 2.28. The van der Waals surface area contributed by atoms with Crippen LogP contribution in [0.3, 0.4) is 0 Å². The van der Waals surface area contributed by atoms with E-state index in [0.29, 0.717) is 25.2 Å². The lowest BCUT2D eigenvalue weighted by atomic mass is 9.90. The summed E-state index contributed by atoms with van der Waals surface area (Å²) in [4.78, 5) is 27.6. The third-order valence-electron chi connectivity index (χ3n) is 6.63. The summed E-state index contributed by atoms with van der Waals surface area (Å²) in [5.41, 5.74) is 16.7. The van der Waals surface area contributed by atoms with E-state index in [2.05, 4.69) is 21.4 Å². The predicted molar refractivity (Wildman–Crippen MR) is 132 cm³/mol. The summed E-state index contributed by atoms with van der Waals surface area (Å²) in [6.07, 6.45) is 5.00. The fourth-order valence-corrected chi connectivity index (χ4v) is 4.94. The van der Waals surface area contributed by atoms with Gasteiger partial charge in [-0.1, -0.05) is 24.3 Å². The highest BCUT2D eigenvalue weighted by atomic mass is 16.5. The number of hydrazine groups is 1. The Morgan fingerprint density at radius 2 is 2.03 bits per heavy atom. The van der Waals surface area contributed by atoms with Crippen LogP contribution in [0.25, 0.3) is 11.0 Å². The molecule has 9 nitrogen and oxygen atoms in total. The molecule has 1 atom stereocenters. The average Bonchev–Trinajstić information content (AvgIpc) is 3.30. The number of imidazole rings is 1. The van der Waals surface area contributed by atoms with Gasteiger partial charge in [0.15, 0.2) is 0 Å². The third-order valence-corrected chi connectivity index (χ3v) is 6.63. The number of aromatic amines is 1. The zero-order valence-electron chi connectivity index (χ0n) is 19.4. The van der Waals surface area contributed by atoms with Crippen molar-refractivity contribution in [2.24, 2.45) is 5.73 Å². The second-order valence-electron chi connectivity index (χ2n) is 8.81. The number of hydrogen-bond donors (Lipinski definition) is 5. The van der Waals surface area contributed by atoms with E-state index in [0.717, 1.165) is 52.9 Å². The van der Waals surface area contributed by atoms with E-state index in [9.17, 15) is 4.79 Å². The van der Waals surface area contributed by atoms with Gasteiger partial charge in [0.05, 0.1) is 29.3 Å². The Morgan fingerprint density at radius 1 is 1.14 bits per heavy atom. The molecule has 0 spiro atoms. The molecule has 5 rings (SSSR count). The molecule has 0 bridgehead atoms. The molecule has 1 unspecified atom stereocenters. The average molecular weight is 472 g/mol. The van der Waals surface area contributed by atoms with Gasteiger partial charge in [0.1, 0.15) is 5.82 Å². The highest BCUT2D eigenvalue weighted by molar-refractivity contribution is 5.94. The molecular weight excluding hydrogens is 442 g/mol. The predicted octanol–water partition coefficient (Wildman–Crippen LogP) is 3.12. The Morgan fingerprint density at radius 3 is 2.86 bits per heavy atom. The minimum absolute atomic E-state index is 0.139. The lowest BCUT2D eigenvalue weighted by molar-refractivity contribution is 0.0731. The number of pyridine rings is 1. The van der Waals surface area contributed by atoms with Crippen LogP contribution in [0.15, 0.2) is 60.8 Å². The van der Waals surface area contributed by atoms with E-state index in [1.165, 1.54) is 5.56 Å². The Balaban J connectivity index is 1.50. The van der Waals surface area contributed by atoms with E-state index in [4.69, 9.17) is 20.9 Å². The molecule has 2 aromatic carbocycles. The van der Waals surface area contributed by atoms with Gasteiger partial charge in [-0.05, 0) is 66.3 Å². The van der Waals surface area contributed by atoms with Gasteiger partial charge >= 0.3 is 0 Å². The molecule has 6 N–H and O–H groups in total. The number of nitrogens with two attached hydrogens (primary N) is 1. The van der Waals surface area contributed by atoms with E-state index >= 15 is 0 Å². The lowest BCUT2D eigenvalue weighted by Gasteiger charge is -2.35. The van der Waals surface area contributed by atoms with Crippen LogP contribution in [0.5, 0.6) is 0 Å². The maximum atomic E-state index is 12.2. The largest absolute Gasteiger partial charge is 0.341 e. The summed E-state index contributed by atoms with van der Waals surface area (Å²) in [5.74, 6) is 0.465. The summed E-state index contributed by atoms with van der Waals surface area (Å²) in [5, 5.41) is 8.79. The molecule has 35 heavy (non-hydrogen) atoms. The number of aryl methyl sites for hydroxylation is 1. The van der Waals surface area contributed by atoms with Crippen molar-refractivity contribution >= 4 is 16.9 Å². The number of H-pyrrole nitrogens is 1. The standard InChI is InChI=1S/C26H29N7O2/c27-14-20-13-18(26(34)31-32-35)10-11-19(20)15-33(16-24-29-21-7-1-2-8-22(21)30-24)23-9-3-5-17-6-4-12-28-25(17)23/h1-2,4,6-8,10-13,23,32,35H,3,5,9,14-16,27H2,(H,29,30)(H,31,34). The topological polar surface area (TPSA) is 132 Å².